The van der Waals surface area contributed by atoms with Gasteiger partial charge in [-0.2, -0.15) is 0 Å². The number of hydrogen-bond acceptors (Lipinski definition) is 4. The summed E-state index contributed by atoms with van der Waals surface area (Å²) in [7, 11) is 0. The number of imidazole rings is 1. The van der Waals surface area contributed by atoms with Crippen molar-refractivity contribution in [3.8, 4) is 11.5 Å². The average molecular weight is 434 g/mol. The molecule has 2 heterocycles. The molecule has 1 aliphatic heterocycles. The average Bonchev–Trinajstić information content (AvgIpc) is 3.22. The van der Waals surface area contributed by atoms with E-state index in [1.807, 2.05) is 6.07 Å². The topological polar surface area (TPSA) is 76.2 Å². The van der Waals surface area contributed by atoms with Gasteiger partial charge in [-0.3, -0.25) is 4.79 Å². The Hall–Kier alpha value is -3.02. The van der Waals surface area contributed by atoms with Gasteiger partial charge in [-0.1, -0.05) is 33.3 Å². The SMILES string of the molecule is CC(C)(C)c1ccc2nc(C3CCCC(NC(=O)c4ccc5c(c4)OCCO5)C3)[nH]c2c1. The first-order chi connectivity index (χ1) is 15.4. The maximum absolute atomic E-state index is 12.9. The van der Waals surface area contributed by atoms with E-state index < -0.39 is 0 Å². The van der Waals surface area contributed by atoms with Crippen molar-refractivity contribution in [1.29, 1.82) is 0 Å². The normalized spacial score (nSPS) is 20.8. The maximum atomic E-state index is 12.9. The molecule has 1 aromatic heterocycles. The van der Waals surface area contributed by atoms with Gasteiger partial charge in [0, 0.05) is 17.5 Å². The van der Waals surface area contributed by atoms with Gasteiger partial charge in [0.25, 0.3) is 5.91 Å². The molecule has 1 saturated carbocycles. The highest BCUT2D eigenvalue weighted by Gasteiger charge is 2.27. The highest BCUT2D eigenvalue weighted by atomic mass is 16.6. The molecule has 2 atom stereocenters. The summed E-state index contributed by atoms with van der Waals surface area (Å²) in [6.45, 7) is 7.73. The Morgan fingerprint density at radius 3 is 2.69 bits per heavy atom. The summed E-state index contributed by atoms with van der Waals surface area (Å²) in [6.07, 6.45) is 4.03. The molecule has 0 radical (unpaired) electrons. The van der Waals surface area contributed by atoms with E-state index in [-0.39, 0.29) is 17.4 Å². The van der Waals surface area contributed by atoms with Gasteiger partial charge in [0.2, 0.25) is 0 Å². The van der Waals surface area contributed by atoms with Crippen molar-refractivity contribution >= 4 is 16.9 Å². The third kappa shape index (κ3) is 4.18. The fourth-order valence-corrected chi connectivity index (χ4v) is 4.71. The molecule has 1 aliphatic carbocycles. The molecule has 3 aromatic rings. The Balaban J connectivity index is 1.28. The monoisotopic (exact) mass is 433 g/mol. The van der Waals surface area contributed by atoms with Crippen LogP contribution in [-0.4, -0.2) is 35.1 Å². The molecule has 168 valence electrons. The van der Waals surface area contributed by atoms with Crippen LogP contribution in [0, 0.1) is 0 Å². The number of aromatic nitrogens is 2. The van der Waals surface area contributed by atoms with Crippen LogP contribution in [-0.2, 0) is 5.41 Å². The molecule has 6 heteroatoms. The number of rotatable bonds is 3. The molecule has 0 saturated heterocycles. The second-order valence-corrected chi connectivity index (χ2v) is 10.00. The summed E-state index contributed by atoms with van der Waals surface area (Å²) in [5.74, 6) is 2.63. The van der Waals surface area contributed by atoms with Crippen LogP contribution in [0.5, 0.6) is 11.5 Å². The first kappa shape index (κ1) is 20.9. The van der Waals surface area contributed by atoms with Crippen molar-refractivity contribution in [2.24, 2.45) is 0 Å². The van der Waals surface area contributed by atoms with Gasteiger partial charge in [-0.15, -0.1) is 0 Å². The van der Waals surface area contributed by atoms with Gasteiger partial charge in [-0.25, -0.2) is 4.98 Å². The van der Waals surface area contributed by atoms with E-state index in [4.69, 9.17) is 14.5 Å². The van der Waals surface area contributed by atoms with E-state index in [0.29, 0.717) is 36.2 Å². The lowest BCUT2D eigenvalue weighted by molar-refractivity contribution is 0.0923. The number of carbonyl (C=O) groups excluding carboxylic acids is 1. The molecular formula is C26H31N3O3. The van der Waals surface area contributed by atoms with E-state index in [0.717, 1.165) is 42.5 Å². The summed E-state index contributed by atoms with van der Waals surface area (Å²) in [5.41, 5.74) is 4.11. The number of carbonyl (C=O) groups is 1. The molecule has 2 N–H and O–H groups in total. The van der Waals surface area contributed by atoms with Crippen LogP contribution >= 0.6 is 0 Å². The summed E-state index contributed by atoms with van der Waals surface area (Å²) >= 11 is 0. The first-order valence-corrected chi connectivity index (χ1v) is 11.6. The van der Waals surface area contributed by atoms with Crippen LogP contribution < -0.4 is 14.8 Å². The van der Waals surface area contributed by atoms with Crippen LogP contribution in [0.25, 0.3) is 11.0 Å². The molecule has 2 unspecified atom stereocenters. The highest BCUT2D eigenvalue weighted by molar-refractivity contribution is 5.95. The number of nitrogens with one attached hydrogen (secondary N) is 2. The highest BCUT2D eigenvalue weighted by Crippen LogP contribution is 2.34. The number of benzene rings is 2. The van der Waals surface area contributed by atoms with Gasteiger partial charge < -0.3 is 19.8 Å². The Morgan fingerprint density at radius 1 is 1.06 bits per heavy atom. The quantitative estimate of drug-likeness (QED) is 0.603. The lowest BCUT2D eigenvalue weighted by Crippen LogP contribution is -2.38. The van der Waals surface area contributed by atoms with Crippen LogP contribution in [0.2, 0.25) is 0 Å². The van der Waals surface area contributed by atoms with Gasteiger partial charge in [0.05, 0.1) is 11.0 Å². The summed E-state index contributed by atoms with van der Waals surface area (Å²) in [4.78, 5) is 21.3. The molecule has 0 spiro atoms. The van der Waals surface area contributed by atoms with E-state index in [1.165, 1.54) is 5.56 Å². The summed E-state index contributed by atoms with van der Waals surface area (Å²) < 4.78 is 11.2. The number of amides is 1. The van der Waals surface area contributed by atoms with Crippen molar-refractivity contribution in [2.45, 2.75) is 63.8 Å². The van der Waals surface area contributed by atoms with Gasteiger partial charge in [-0.05, 0) is 60.6 Å². The number of fused-ring (bicyclic) bond motifs is 2. The molecule has 6 nitrogen and oxygen atoms in total. The standard InChI is InChI=1S/C26H31N3O3/c1-26(2,3)18-8-9-20-21(15-18)29-24(28-20)16-5-4-6-19(13-16)27-25(30)17-7-10-22-23(14-17)32-12-11-31-22/h7-10,14-16,19H,4-6,11-13H2,1-3H3,(H,27,30)(H,28,29). The molecular weight excluding hydrogens is 402 g/mol. The molecule has 1 amide bonds. The van der Waals surface area contributed by atoms with Crippen molar-refractivity contribution < 1.29 is 14.3 Å². The smallest absolute Gasteiger partial charge is 0.251 e. The summed E-state index contributed by atoms with van der Waals surface area (Å²) in [6, 6.07) is 12.0. The summed E-state index contributed by atoms with van der Waals surface area (Å²) in [5, 5.41) is 3.23. The molecule has 32 heavy (non-hydrogen) atoms. The van der Waals surface area contributed by atoms with E-state index in [1.54, 1.807) is 12.1 Å². The van der Waals surface area contributed by atoms with Crippen molar-refractivity contribution in [2.75, 3.05) is 13.2 Å². The number of H-pyrrole nitrogens is 1. The van der Waals surface area contributed by atoms with Crippen molar-refractivity contribution in [3.63, 3.8) is 0 Å². The van der Waals surface area contributed by atoms with E-state index in [2.05, 4.69) is 49.3 Å². The lowest BCUT2D eigenvalue weighted by Gasteiger charge is -2.29. The Kier molecular flexibility index (Phi) is 5.31. The van der Waals surface area contributed by atoms with E-state index in [9.17, 15) is 4.79 Å². The Morgan fingerprint density at radius 2 is 1.88 bits per heavy atom. The fraction of sp³-hybridized carbons (Fsp3) is 0.462. The lowest BCUT2D eigenvalue weighted by atomic mass is 9.85. The number of ether oxygens (including phenoxy) is 2. The minimum Gasteiger partial charge on any atom is -0.486 e. The zero-order chi connectivity index (χ0) is 22.3. The molecule has 5 rings (SSSR count). The molecule has 1 fully saturated rings. The van der Waals surface area contributed by atoms with Crippen LogP contribution in [0.15, 0.2) is 36.4 Å². The molecule has 2 aromatic carbocycles. The predicted octanol–water partition coefficient (Wildman–Crippen LogP) is 5.09. The molecule has 2 aliphatic rings. The number of aromatic amines is 1. The van der Waals surface area contributed by atoms with E-state index >= 15 is 0 Å². The van der Waals surface area contributed by atoms with Crippen LogP contribution in [0.3, 0.4) is 0 Å². The Labute approximate surface area is 188 Å². The first-order valence-electron chi connectivity index (χ1n) is 11.6. The van der Waals surface area contributed by atoms with Crippen molar-refractivity contribution in [3.05, 3.63) is 53.3 Å². The number of hydrogen-bond donors (Lipinski definition) is 2. The predicted molar refractivity (Wildman–Crippen MR) is 125 cm³/mol. The zero-order valence-corrected chi connectivity index (χ0v) is 19.0. The van der Waals surface area contributed by atoms with Crippen molar-refractivity contribution in [1.82, 2.24) is 15.3 Å². The maximum Gasteiger partial charge on any atom is 0.251 e. The molecule has 0 bridgehead atoms. The second-order valence-electron chi connectivity index (χ2n) is 10.00. The third-order valence-corrected chi connectivity index (χ3v) is 6.57. The fourth-order valence-electron chi connectivity index (χ4n) is 4.71. The van der Waals surface area contributed by atoms with Gasteiger partial charge in [0.1, 0.15) is 19.0 Å². The number of nitrogens with zero attached hydrogens (tertiary/aromatic N) is 1. The minimum atomic E-state index is -0.0629. The second kappa shape index (κ2) is 8.15. The van der Waals surface area contributed by atoms with Gasteiger partial charge in [0.15, 0.2) is 11.5 Å². The Bertz CT molecular complexity index is 1140. The largest absolute Gasteiger partial charge is 0.486 e. The minimum absolute atomic E-state index is 0.0629. The van der Waals surface area contributed by atoms with Crippen LogP contribution in [0.1, 0.15) is 74.1 Å². The zero-order valence-electron chi connectivity index (χ0n) is 19.0. The van der Waals surface area contributed by atoms with Crippen LogP contribution in [0.4, 0.5) is 0 Å². The third-order valence-electron chi connectivity index (χ3n) is 6.57. The van der Waals surface area contributed by atoms with Gasteiger partial charge >= 0.3 is 0 Å².